The number of carbonyl (C=O) groups is 1. The first-order valence-corrected chi connectivity index (χ1v) is 7.08. The van der Waals surface area contributed by atoms with Gasteiger partial charge in [-0.05, 0) is 40.2 Å². The van der Waals surface area contributed by atoms with E-state index in [-0.39, 0.29) is 5.69 Å². The van der Waals surface area contributed by atoms with Crippen molar-refractivity contribution in [1.29, 1.82) is 0 Å². The van der Waals surface area contributed by atoms with E-state index >= 15 is 0 Å². The van der Waals surface area contributed by atoms with E-state index in [9.17, 15) is 9.59 Å². The number of primary amides is 1. The Morgan fingerprint density at radius 3 is 2.86 bits per heavy atom. The topological polar surface area (TPSA) is 103 Å². The van der Waals surface area contributed by atoms with Crippen molar-refractivity contribution in [2.45, 2.75) is 0 Å². The molecule has 1 aromatic carbocycles. The van der Waals surface area contributed by atoms with Crippen molar-refractivity contribution in [3.8, 4) is 0 Å². The zero-order valence-electron chi connectivity index (χ0n) is 11.5. The number of pyridine rings is 1. The Labute approximate surface area is 132 Å². The van der Waals surface area contributed by atoms with E-state index in [0.717, 1.165) is 0 Å². The first kappa shape index (κ1) is 14.3. The first-order valence-electron chi connectivity index (χ1n) is 6.28. The van der Waals surface area contributed by atoms with Gasteiger partial charge in [0.2, 0.25) is 0 Å². The van der Waals surface area contributed by atoms with Crippen molar-refractivity contribution in [2.75, 3.05) is 5.32 Å². The average molecular weight is 363 g/mol. The molecule has 3 N–H and O–H groups in total. The van der Waals surface area contributed by atoms with E-state index < -0.39 is 11.7 Å². The van der Waals surface area contributed by atoms with Crippen molar-refractivity contribution >= 4 is 44.3 Å². The highest BCUT2D eigenvalue weighted by atomic mass is 79.9. The van der Waals surface area contributed by atoms with Crippen LogP contribution in [-0.2, 0) is 7.05 Å². The number of nitrogens with two attached hydrogens (primary N) is 1. The maximum Gasteiger partial charge on any atom is 0.419 e. The summed E-state index contributed by atoms with van der Waals surface area (Å²) in [4.78, 5) is 27.0. The summed E-state index contributed by atoms with van der Waals surface area (Å²) in [7, 11) is 1.63. The number of hydrogen-bond donors (Lipinski definition) is 2. The molecule has 0 radical (unpaired) electrons. The number of nitrogens with one attached hydrogen (secondary N) is 1. The fraction of sp³-hybridized carbons (Fsp3) is 0.0714. The Morgan fingerprint density at radius 2 is 2.14 bits per heavy atom. The second-order valence-corrected chi connectivity index (χ2v) is 5.44. The third-order valence-electron chi connectivity index (χ3n) is 3.17. The summed E-state index contributed by atoms with van der Waals surface area (Å²) < 4.78 is 7.05. The van der Waals surface area contributed by atoms with Gasteiger partial charge in [0.05, 0.1) is 11.2 Å². The minimum absolute atomic E-state index is 0.115. The normalized spacial score (nSPS) is 10.8. The Bertz CT molecular complexity index is 945. The number of fused-ring (bicyclic) bond motifs is 1. The highest BCUT2D eigenvalue weighted by molar-refractivity contribution is 9.10. The van der Waals surface area contributed by atoms with Crippen LogP contribution >= 0.6 is 15.9 Å². The standard InChI is InChI=1S/C14H11BrN4O3/c1-19-9-4-2-7(6-10(9)22-14(19)21)17-8-3-5-11(15)18-12(8)13(16)20/h2-6,17H,1H3,(H2,16,20). The number of anilines is 2. The number of amides is 1. The van der Waals surface area contributed by atoms with Crippen molar-refractivity contribution in [2.24, 2.45) is 12.8 Å². The molecule has 0 saturated heterocycles. The lowest BCUT2D eigenvalue weighted by atomic mass is 10.2. The van der Waals surface area contributed by atoms with Gasteiger partial charge in [-0.15, -0.1) is 0 Å². The van der Waals surface area contributed by atoms with Crippen molar-refractivity contribution < 1.29 is 9.21 Å². The smallest absolute Gasteiger partial charge is 0.408 e. The minimum Gasteiger partial charge on any atom is -0.408 e. The molecule has 0 spiro atoms. The number of benzene rings is 1. The molecule has 8 heteroatoms. The zero-order chi connectivity index (χ0) is 15.9. The van der Waals surface area contributed by atoms with Crippen LogP contribution in [-0.4, -0.2) is 15.5 Å². The fourth-order valence-corrected chi connectivity index (χ4v) is 2.40. The van der Waals surface area contributed by atoms with Crippen LogP contribution in [0.5, 0.6) is 0 Å². The second-order valence-electron chi connectivity index (χ2n) is 4.63. The minimum atomic E-state index is -0.642. The van der Waals surface area contributed by atoms with Gasteiger partial charge in [0.15, 0.2) is 11.3 Å². The van der Waals surface area contributed by atoms with E-state index in [4.69, 9.17) is 10.2 Å². The van der Waals surface area contributed by atoms with Gasteiger partial charge in [-0.25, -0.2) is 9.78 Å². The third kappa shape index (κ3) is 2.48. The summed E-state index contributed by atoms with van der Waals surface area (Å²) in [6.45, 7) is 0. The van der Waals surface area contributed by atoms with E-state index in [0.29, 0.717) is 27.1 Å². The molecule has 0 aliphatic carbocycles. The van der Waals surface area contributed by atoms with Gasteiger partial charge in [0.1, 0.15) is 4.60 Å². The maximum atomic E-state index is 11.5. The number of aryl methyl sites for hydroxylation is 1. The lowest BCUT2D eigenvalue weighted by molar-refractivity contribution is 0.0996. The molecule has 0 bridgehead atoms. The molecular formula is C14H11BrN4O3. The molecule has 3 aromatic rings. The molecule has 7 nitrogen and oxygen atoms in total. The summed E-state index contributed by atoms with van der Waals surface area (Å²) >= 11 is 3.19. The van der Waals surface area contributed by atoms with Crippen LogP contribution in [0, 0.1) is 0 Å². The zero-order valence-corrected chi connectivity index (χ0v) is 13.0. The van der Waals surface area contributed by atoms with Gasteiger partial charge in [0, 0.05) is 18.8 Å². The van der Waals surface area contributed by atoms with Crippen LogP contribution in [0.4, 0.5) is 11.4 Å². The molecule has 0 aliphatic rings. The van der Waals surface area contributed by atoms with E-state index in [1.165, 1.54) is 4.57 Å². The maximum absolute atomic E-state index is 11.5. The molecule has 0 unspecified atom stereocenters. The van der Waals surface area contributed by atoms with Gasteiger partial charge >= 0.3 is 5.76 Å². The second kappa shape index (κ2) is 5.30. The molecular weight excluding hydrogens is 352 g/mol. The number of carbonyl (C=O) groups excluding carboxylic acids is 1. The largest absolute Gasteiger partial charge is 0.419 e. The summed E-state index contributed by atoms with van der Waals surface area (Å²) in [5.41, 5.74) is 7.68. The monoisotopic (exact) mass is 362 g/mol. The van der Waals surface area contributed by atoms with Crippen LogP contribution in [0.2, 0.25) is 0 Å². The van der Waals surface area contributed by atoms with Crippen molar-refractivity contribution in [3.05, 3.63) is 51.2 Å². The quantitative estimate of drug-likeness (QED) is 0.694. The SMILES string of the molecule is Cn1c(=O)oc2cc(Nc3ccc(Br)nc3C(N)=O)ccc21. The number of nitrogens with zero attached hydrogens (tertiary/aromatic N) is 2. The lowest BCUT2D eigenvalue weighted by Gasteiger charge is -2.09. The first-order chi connectivity index (χ1) is 10.5. The fourth-order valence-electron chi connectivity index (χ4n) is 2.09. The molecule has 2 heterocycles. The van der Waals surface area contributed by atoms with Gasteiger partial charge in [-0.2, -0.15) is 0 Å². The molecule has 112 valence electrons. The Hall–Kier alpha value is -2.61. The van der Waals surface area contributed by atoms with Gasteiger partial charge in [-0.3, -0.25) is 9.36 Å². The van der Waals surface area contributed by atoms with Gasteiger partial charge in [0.25, 0.3) is 5.91 Å². The number of oxazole rings is 1. The van der Waals surface area contributed by atoms with E-state index in [1.54, 1.807) is 37.4 Å². The van der Waals surface area contributed by atoms with E-state index in [1.807, 2.05) is 0 Å². The van der Waals surface area contributed by atoms with Crippen LogP contribution in [0.15, 0.2) is 44.1 Å². The molecule has 2 aromatic heterocycles. The number of hydrogen-bond acceptors (Lipinski definition) is 5. The highest BCUT2D eigenvalue weighted by Gasteiger charge is 2.12. The van der Waals surface area contributed by atoms with Crippen LogP contribution < -0.4 is 16.8 Å². The predicted molar refractivity (Wildman–Crippen MR) is 85.2 cm³/mol. The Kier molecular flexibility index (Phi) is 3.45. The molecule has 3 rings (SSSR count). The summed E-state index contributed by atoms with van der Waals surface area (Å²) in [6, 6.07) is 8.56. The van der Waals surface area contributed by atoms with Crippen LogP contribution in [0.1, 0.15) is 10.5 Å². The Morgan fingerprint density at radius 1 is 1.36 bits per heavy atom. The number of aromatic nitrogens is 2. The van der Waals surface area contributed by atoms with Crippen LogP contribution in [0.25, 0.3) is 11.1 Å². The van der Waals surface area contributed by atoms with Crippen molar-refractivity contribution in [3.63, 3.8) is 0 Å². The Balaban J connectivity index is 2.03. The number of halogens is 1. The third-order valence-corrected chi connectivity index (χ3v) is 3.61. The molecule has 0 aliphatic heterocycles. The molecule has 0 saturated carbocycles. The average Bonchev–Trinajstić information content (AvgIpc) is 2.75. The molecule has 0 fully saturated rings. The van der Waals surface area contributed by atoms with E-state index in [2.05, 4.69) is 26.2 Å². The molecule has 22 heavy (non-hydrogen) atoms. The summed E-state index contributed by atoms with van der Waals surface area (Å²) in [5.74, 6) is -1.08. The predicted octanol–water partition coefficient (Wildman–Crippen LogP) is 2.13. The number of rotatable bonds is 3. The lowest BCUT2D eigenvalue weighted by Crippen LogP contribution is -2.15. The van der Waals surface area contributed by atoms with Gasteiger partial charge < -0.3 is 15.5 Å². The van der Waals surface area contributed by atoms with Crippen molar-refractivity contribution in [1.82, 2.24) is 9.55 Å². The van der Waals surface area contributed by atoms with Crippen LogP contribution in [0.3, 0.4) is 0 Å². The summed E-state index contributed by atoms with van der Waals surface area (Å²) in [5, 5.41) is 3.05. The molecule has 0 atom stereocenters. The van der Waals surface area contributed by atoms with Gasteiger partial charge in [-0.1, -0.05) is 0 Å². The highest BCUT2D eigenvalue weighted by Crippen LogP contribution is 2.24. The summed E-state index contributed by atoms with van der Waals surface area (Å²) in [6.07, 6.45) is 0. The molecule has 1 amide bonds.